The quantitative estimate of drug-likeness (QED) is 0.472. The molecule has 0 atom stereocenters. The Morgan fingerprint density at radius 3 is 2.46 bits per heavy atom. The van der Waals surface area contributed by atoms with Crippen molar-refractivity contribution in [3.05, 3.63) is 29.8 Å². The number of benzene rings is 1. The maximum atomic E-state index is 5.67. The smallest absolute Gasteiger partial charge is 0.0475 e. The van der Waals surface area contributed by atoms with Crippen molar-refractivity contribution in [2.24, 2.45) is 0 Å². The summed E-state index contributed by atoms with van der Waals surface area (Å²) in [5.41, 5.74) is 1.77. The predicted octanol–water partition coefficient (Wildman–Crippen LogP) is 4.26. The Labute approximate surface area is 164 Å². The Kier molecular flexibility index (Phi) is 7.86. The first kappa shape index (κ1) is 20.2. The first-order valence-electron chi connectivity index (χ1n) is 10.4. The van der Waals surface area contributed by atoms with Crippen LogP contribution in [0.1, 0.15) is 44.6 Å². The van der Waals surface area contributed by atoms with E-state index in [1.54, 1.807) is 0 Å². The third kappa shape index (κ3) is 5.48. The largest absolute Gasteiger partial charge is 0.381 e. The molecule has 0 N–H and O–H groups in total. The molecule has 1 aromatic rings. The highest BCUT2D eigenvalue weighted by atomic mass is 32.2. The van der Waals surface area contributed by atoms with Gasteiger partial charge >= 0.3 is 0 Å². The molecule has 26 heavy (non-hydrogen) atoms. The molecule has 0 radical (unpaired) electrons. The van der Waals surface area contributed by atoms with Crippen LogP contribution in [0.3, 0.4) is 0 Å². The van der Waals surface area contributed by atoms with E-state index >= 15 is 0 Å². The highest BCUT2D eigenvalue weighted by Gasteiger charge is 2.35. The predicted molar refractivity (Wildman–Crippen MR) is 112 cm³/mol. The fraction of sp³-hybridized carbons (Fsp3) is 0.727. The maximum Gasteiger partial charge on any atom is 0.0475 e. The Hall–Kier alpha value is -0.550. The van der Waals surface area contributed by atoms with E-state index in [2.05, 4.69) is 48.0 Å². The zero-order chi connectivity index (χ0) is 18.2. The molecule has 0 bridgehead atoms. The van der Waals surface area contributed by atoms with Crippen LogP contribution in [0.5, 0.6) is 0 Å². The number of thioether (sulfide) groups is 1. The molecule has 0 aromatic heterocycles. The lowest BCUT2D eigenvalue weighted by molar-refractivity contribution is 0.0379. The zero-order valence-corrected chi connectivity index (χ0v) is 17.5. The van der Waals surface area contributed by atoms with Gasteiger partial charge in [-0.1, -0.05) is 19.1 Å². The van der Waals surface area contributed by atoms with Gasteiger partial charge in [0.1, 0.15) is 0 Å². The first-order valence-corrected chi connectivity index (χ1v) is 11.4. The third-order valence-electron chi connectivity index (χ3n) is 6.12. The lowest BCUT2D eigenvalue weighted by atomic mass is 9.74. The second-order valence-corrected chi connectivity index (χ2v) is 9.17. The summed E-state index contributed by atoms with van der Waals surface area (Å²) in [7, 11) is 2.24. The van der Waals surface area contributed by atoms with Gasteiger partial charge in [-0.25, -0.2) is 0 Å². The molecular weight excluding hydrogens is 340 g/mol. The van der Waals surface area contributed by atoms with Crippen LogP contribution in [-0.4, -0.2) is 68.5 Å². The van der Waals surface area contributed by atoms with E-state index in [1.165, 1.54) is 55.1 Å². The number of hydrogen-bond acceptors (Lipinski definition) is 4. The van der Waals surface area contributed by atoms with Gasteiger partial charge in [0, 0.05) is 30.1 Å². The van der Waals surface area contributed by atoms with Crippen molar-refractivity contribution in [3.8, 4) is 0 Å². The van der Waals surface area contributed by atoms with Gasteiger partial charge in [-0.15, -0.1) is 11.8 Å². The number of likely N-dealkylation sites (tertiary alicyclic amines) is 1. The first-order chi connectivity index (χ1) is 12.7. The van der Waals surface area contributed by atoms with Gasteiger partial charge in [0.15, 0.2) is 0 Å². The average molecular weight is 377 g/mol. The normalized spacial score (nSPS) is 20.7. The molecule has 1 aromatic carbocycles. The molecule has 2 aliphatic rings. The molecule has 2 heterocycles. The average Bonchev–Trinajstić information content (AvgIpc) is 3.20. The van der Waals surface area contributed by atoms with Crippen molar-refractivity contribution in [3.63, 3.8) is 0 Å². The van der Waals surface area contributed by atoms with Gasteiger partial charge < -0.3 is 14.5 Å². The fourth-order valence-corrected chi connectivity index (χ4v) is 5.16. The zero-order valence-electron chi connectivity index (χ0n) is 16.7. The molecule has 0 spiro atoms. The Morgan fingerprint density at radius 1 is 1.12 bits per heavy atom. The summed E-state index contributed by atoms with van der Waals surface area (Å²) < 4.78 is 5.67. The van der Waals surface area contributed by atoms with Crippen molar-refractivity contribution in [2.45, 2.75) is 49.3 Å². The van der Waals surface area contributed by atoms with E-state index in [9.17, 15) is 0 Å². The van der Waals surface area contributed by atoms with Crippen molar-refractivity contribution < 1.29 is 4.74 Å². The topological polar surface area (TPSA) is 15.7 Å². The fourth-order valence-electron chi connectivity index (χ4n) is 4.32. The minimum atomic E-state index is 0.266. The van der Waals surface area contributed by atoms with Gasteiger partial charge in [0.2, 0.25) is 0 Å². The summed E-state index contributed by atoms with van der Waals surface area (Å²) in [6.07, 6.45) is 6.37. The van der Waals surface area contributed by atoms with Crippen molar-refractivity contribution in [1.82, 2.24) is 9.80 Å². The monoisotopic (exact) mass is 376 g/mol. The van der Waals surface area contributed by atoms with Crippen molar-refractivity contribution >= 4 is 11.8 Å². The number of nitrogens with zero attached hydrogens (tertiary/aromatic N) is 2. The summed E-state index contributed by atoms with van der Waals surface area (Å²) in [6, 6.07) is 9.47. The van der Waals surface area contributed by atoms with Crippen LogP contribution in [0.4, 0.5) is 0 Å². The molecule has 2 saturated heterocycles. The van der Waals surface area contributed by atoms with Crippen LogP contribution in [0.2, 0.25) is 0 Å². The lowest BCUT2D eigenvalue weighted by Gasteiger charge is -2.40. The van der Waals surface area contributed by atoms with Gasteiger partial charge in [-0.2, -0.15) is 0 Å². The Bertz CT molecular complexity index is 521. The molecule has 3 nitrogen and oxygen atoms in total. The second-order valence-electron chi connectivity index (χ2n) is 8.00. The van der Waals surface area contributed by atoms with Crippen LogP contribution in [-0.2, 0) is 10.2 Å². The number of hydrogen-bond donors (Lipinski definition) is 0. The van der Waals surface area contributed by atoms with Gasteiger partial charge in [-0.05, 0) is 88.8 Å². The molecule has 3 rings (SSSR count). The molecule has 2 aliphatic heterocycles. The Morgan fingerprint density at radius 2 is 1.81 bits per heavy atom. The molecule has 146 valence electrons. The number of rotatable bonds is 9. The van der Waals surface area contributed by atoms with E-state index in [4.69, 9.17) is 4.74 Å². The molecule has 4 heteroatoms. The molecule has 0 aliphatic carbocycles. The maximum absolute atomic E-state index is 5.67. The second kappa shape index (κ2) is 10.1. The van der Waals surface area contributed by atoms with Crippen LogP contribution in [0.25, 0.3) is 0 Å². The molecule has 0 amide bonds. The summed E-state index contributed by atoms with van der Waals surface area (Å²) in [6.45, 7) is 10.2. The molecule has 0 saturated carbocycles. The van der Waals surface area contributed by atoms with Crippen molar-refractivity contribution in [2.75, 3.05) is 58.7 Å². The number of likely N-dealkylation sites (N-methyl/N-ethyl adjacent to an activating group) is 1. The lowest BCUT2D eigenvalue weighted by Crippen LogP contribution is -2.43. The van der Waals surface area contributed by atoms with E-state index in [-0.39, 0.29) is 5.41 Å². The van der Waals surface area contributed by atoms with Crippen LogP contribution >= 0.6 is 11.8 Å². The van der Waals surface area contributed by atoms with Crippen LogP contribution in [0, 0.1) is 0 Å². The highest BCUT2D eigenvalue weighted by molar-refractivity contribution is 7.99. The molecular formula is C22H36N2OS. The van der Waals surface area contributed by atoms with Crippen LogP contribution < -0.4 is 0 Å². The minimum absolute atomic E-state index is 0.266. The summed E-state index contributed by atoms with van der Waals surface area (Å²) in [5.74, 6) is 1.23. The summed E-state index contributed by atoms with van der Waals surface area (Å²) >= 11 is 2.01. The van der Waals surface area contributed by atoms with Gasteiger partial charge in [0.25, 0.3) is 0 Å². The van der Waals surface area contributed by atoms with Gasteiger partial charge in [0.05, 0.1) is 0 Å². The van der Waals surface area contributed by atoms with E-state index < -0.39 is 0 Å². The number of ether oxygens (including phenoxy) is 1. The molecule has 0 unspecified atom stereocenters. The Balaban J connectivity index is 1.54. The standard InChI is InChI=1S/C22H36N2OS/c1-3-23(2)19-22(11-16-25-17-12-22)20-7-9-21(10-8-20)26-18-6-15-24-13-4-5-14-24/h7-10H,3-6,11-19H2,1-2H3. The van der Waals surface area contributed by atoms with Gasteiger partial charge in [-0.3, -0.25) is 0 Å². The summed E-state index contributed by atoms with van der Waals surface area (Å²) in [4.78, 5) is 6.48. The SMILES string of the molecule is CCN(C)CC1(c2ccc(SCCCN3CCCC3)cc2)CCOCC1. The minimum Gasteiger partial charge on any atom is -0.381 e. The highest BCUT2D eigenvalue weighted by Crippen LogP contribution is 2.36. The van der Waals surface area contributed by atoms with Crippen LogP contribution in [0.15, 0.2) is 29.2 Å². The van der Waals surface area contributed by atoms with E-state index in [0.717, 1.165) is 39.1 Å². The third-order valence-corrected chi connectivity index (χ3v) is 7.21. The van der Waals surface area contributed by atoms with E-state index in [0.29, 0.717) is 0 Å². The molecule has 2 fully saturated rings. The van der Waals surface area contributed by atoms with E-state index in [1.807, 2.05) is 11.8 Å². The van der Waals surface area contributed by atoms with Crippen molar-refractivity contribution in [1.29, 1.82) is 0 Å². The summed E-state index contributed by atoms with van der Waals surface area (Å²) in [5, 5.41) is 0.